The molecule has 1 heterocycles. The largest absolute Gasteiger partial charge is 0.481 e. The molecule has 0 bridgehead atoms. The molecule has 19 heavy (non-hydrogen) atoms. The van der Waals surface area contributed by atoms with Crippen molar-refractivity contribution in [2.75, 3.05) is 13.1 Å². The van der Waals surface area contributed by atoms with Gasteiger partial charge in [-0.2, -0.15) is 0 Å². The van der Waals surface area contributed by atoms with Crippen molar-refractivity contribution in [1.82, 2.24) is 4.90 Å². The van der Waals surface area contributed by atoms with Crippen LogP contribution in [-0.4, -0.2) is 35.0 Å². The number of hydrogen-bond acceptors (Lipinski definition) is 2. The zero-order valence-electron chi connectivity index (χ0n) is 10.1. The van der Waals surface area contributed by atoms with Gasteiger partial charge in [0.2, 0.25) is 0 Å². The zero-order chi connectivity index (χ0) is 14.0. The number of carbonyl (C=O) groups is 2. The number of rotatable bonds is 2. The van der Waals surface area contributed by atoms with Crippen molar-refractivity contribution < 1.29 is 14.7 Å². The van der Waals surface area contributed by atoms with Crippen LogP contribution in [0.5, 0.6) is 0 Å². The number of carbonyl (C=O) groups excluding carboxylic acids is 1. The molecule has 1 atom stereocenters. The van der Waals surface area contributed by atoms with Crippen LogP contribution in [0.15, 0.2) is 22.7 Å². The van der Waals surface area contributed by atoms with E-state index in [1.165, 1.54) is 0 Å². The minimum absolute atomic E-state index is 0.180. The Bertz CT molecular complexity index is 521. The quantitative estimate of drug-likeness (QED) is 0.895. The molecule has 1 amide bonds. The van der Waals surface area contributed by atoms with Crippen LogP contribution < -0.4 is 0 Å². The predicted octanol–water partition coefficient (Wildman–Crippen LogP) is 3.04. The van der Waals surface area contributed by atoms with Gasteiger partial charge in [-0.1, -0.05) is 11.6 Å². The summed E-state index contributed by atoms with van der Waals surface area (Å²) >= 11 is 9.21. The fourth-order valence-electron chi connectivity index (χ4n) is 2.19. The molecule has 0 saturated carbocycles. The number of nitrogens with zero attached hydrogens (tertiary/aromatic N) is 1. The number of carboxylic acid groups (broad SMARTS) is 1. The lowest BCUT2D eigenvalue weighted by Crippen LogP contribution is -2.42. The molecule has 1 N–H and O–H groups in total. The van der Waals surface area contributed by atoms with Crippen LogP contribution in [0.25, 0.3) is 0 Å². The summed E-state index contributed by atoms with van der Waals surface area (Å²) in [5.74, 6) is -1.50. The Labute approximate surface area is 124 Å². The Morgan fingerprint density at radius 2 is 2.16 bits per heavy atom. The Hall–Kier alpha value is -1.07. The molecule has 1 aliphatic heterocycles. The first kappa shape index (κ1) is 14.3. The van der Waals surface area contributed by atoms with Crippen LogP contribution in [-0.2, 0) is 4.79 Å². The molecule has 1 aromatic rings. The average Bonchev–Trinajstić information content (AvgIpc) is 2.41. The maximum atomic E-state index is 12.4. The number of hydrogen-bond donors (Lipinski definition) is 1. The van der Waals surface area contributed by atoms with E-state index in [4.69, 9.17) is 16.7 Å². The molecule has 2 rings (SSSR count). The van der Waals surface area contributed by atoms with Crippen molar-refractivity contribution in [2.24, 2.45) is 5.92 Å². The summed E-state index contributed by atoms with van der Waals surface area (Å²) in [4.78, 5) is 25.0. The summed E-state index contributed by atoms with van der Waals surface area (Å²) in [6, 6.07) is 5.01. The van der Waals surface area contributed by atoms with Gasteiger partial charge in [0.1, 0.15) is 0 Å². The molecule has 0 aliphatic carbocycles. The van der Waals surface area contributed by atoms with Crippen LogP contribution >= 0.6 is 27.5 Å². The highest BCUT2D eigenvalue weighted by Gasteiger charge is 2.29. The third-order valence-electron chi connectivity index (χ3n) is 3.22. The van der Waals surface area contributed by atoms with Crippen molar-refractivity contribution >= 4 is 39.4 Å². The first-order valence-corrected chi connectivity index (χ1v) is 7.13. The summed E-state index contributed by atoms with van der Waals surface area (Å²) in [6.07, 6.45) is 1.33. The van der Waals surface area contributed by atoms with Gasteiger partial charge in [0.05, 0.1) is 11.5 Å². The summed E-state index contributed by atoms with van der Waals surface area (Å²) < 4.78 is 0.666. The summed E-state index contributed by atoms with van der Waals surface area (Å²) in [5, 5.41) is 9.52. The van der Waals surface area contributed by atoms with E-state index >= 15 is 0 Å². The Morgan fingerprint density at radius 1 is 1.42 bits per heavy atom. The van der Waals surface area contributed by atoms with E-state index in [0.29, 0.717) is 34.4 Å². The normalized spacial score (nSPS) is 19.3. The molecule has 1 fully saturated rings. The lowest BCUT2D eigenvalue weighted by atomic mass is 9.97. The molecule has 1 saturated heterocycles. The minimum atomic E-state index is -0.845. The second-order valence-electron chi connectivity index (χ2n) is 4.55. The van der Waals surface area contributed by atoms with E-state index in [0.717, 1.165) is 0 Å². The highest BCUT2D eigenvalue weighted by atomic mass is 79.9. The molecule has 0 spiro atoms. The molecule has 102 valence electrons. The van der Waals surface area contributed by atoms with E-state index < -0.39 is 11.9 Å². The van der Waals surface area contributed by atoms with Crippen molar-refractivity contribution in [3.8, 4) is 0 Å². The first-order chi connectivity index (χ1) is 8.99. The number of aliphatic carboxylic acids is 1. The molecular formula is C13H13BrClNO3. The van der Waals surface area contributed by atoms with Crippen LogP contribution in [0.2, 0.25) is 5.02 Å². The number of piperidine rings is 1. The maximum absolute atomic E-state index is 12.4. The first-order valence-electron chi connectivity index (χ1n) is 5.96. The van der Waals surface area contributed by atoms with E-state index in [1.54, 1.807) is 23.1 Å². The molecule has 1 aromatic carbocycles. The highest BCUT2D eigenvalue weighted by molar-refractivity contribution is 9.10. The van der Waals surface area contributed by atoms with Crippen molar-refractivity contribution in [3.05, 3.63) is 33.3 Å². The lowest BCUT2D eigenvalue weighted by molar-refractivity contribution is -0.143. The molecule has 0 unspecified atom stereocenters. The molecule has 4 nitrogen and oxygen atoms in total. The van der Waals surface area contributed by atoms with Crippen molar-refractivity contribution in [3.63, 3.8) is 0 Å². The number of halogens is 2. The van der Waals surface area contributed by atoms with E-state index in [2.05, 4.69) is 15.9 Å². The Balaban J connectivity index is 2.19. The number of benzene rings is 1. The topological polar surface area (TPSA) is 57.6 Å². The Morgan fingerprint density at radius 3 is 2.84 bits per heavy atom. The second-order valence-corrected chi connectivity index (χ2v) is 5.84. The van der Waals surface area contributed by atoms with Crippen LogP contribution in [0.1, 0.15) is 23.2 Å². The number of carboxylic acids is 1. The van der Waals surface area contributed by atoms with Crippen LogP contribution in [0, 0.1) is 5.92 Å². The standard InChI is InChI=1S/C13H13BrClNO3/c14-11-4-3-9(15)6-10(11)12(17)16-5-1-2-8(7-16)13(18)19/h3-4,6,8H,1-2,5,7H2,(H,18,19)/t8-/m1/s1. The summed E-state index contributed by atoms with van der Waals surface area (Å²) in [5.41, 5.74) is 0.471. The molecule has 6 heteroatoms. The van der Waals surface area contributed by atoms with Crippen LogP contribution in [0.3, 0.4) is 0 Å². The molecular weight excluding hydrogens is 334 g/mol. The average molecular weight is 347 g/mol. The third kappa shape index (κ3) is 3.28. The van der Waals surface area contributed by atoms with Gasteiger partial charge in [0, 0.05) is 22.6 Å². The minimum Gasteiger partial charge on any atom is -0.481 e. The van der Waals surface area contributed by atoms with E-state index in [-0.39, 0.29) is 12.5 Å². The van der Waals surface area contributed by atoms with Gasteiger partial charge in [-0.3, -0.25) is 9.59 Å². The van der Waals surface area contributed by atoms with Gasteiger partial charge in [0.15, 0.2) is 0 Å². The number of likely N-dealkylation sites (tertiary alicyclic amines) is 1. The van der Waals surface area contributed by atoms with Gasteiger partial charge >= 0.3 is 5.97 Å². The van der Waals surface area contributed by atoms with Gasteiger partial charge < -0.3 is 10.0 Å². The van der Waals surface area contributed by atoms with Gasteiger partial charge in [-0.05, 0) is 47.0 Å². The molecule has 0 aromatic heterocycles. The monoisotopic (exact) mass is 345 g/mol. The predicted molar refractivity (Wildman–Crippen MR) is 75.4 cm³/mol. The fourth-order valence-corrected chi connectivity index (χ4v) is 2.78. The third-order valence-corrected chi connectivity index (χ3v) is 4.14. The second kappa shape index (κ2) is 5.92. The lowest BCUT2D eigenvalue weighted by Gasteiger charge is -2.31. The maximum Gasteiger partial charge on any atom is 0.308 e. The molecule has 0 radical (unpaired) electrons. The fraction of sp³-hybridized carbons (Fsp3) is 0.385. The SMILES string of the molecule is O=C(O)[C@@H]1CCCN(C(=O)c2cc(Cl)ccc2Br)C1. The van der Waals surface area contributed by atoms with Crippen LogP contribution in [0.4, 0.5) is 0 Å². The smallest absolute Gasteiger partial charge is 0.308 e. The molecule has 1 aliphatic rings. The van der Waals surface area contributed by atoms with E-state index in [1.807, 2.05) is 0 Å². The zero-order valence-corrected chi connectivity index (χ0v) is 12.4. The highest BCUT2D eigenvalue weighted by Crippen LogP contribution is 2.25. The summed E-state index contributed by atoms with van der Waals surface area (Å²) in [7, 11) is 0. The Kier molecular flexibility index (Phi) is 4.47. The van der Waals surface area contributed by atoms with Gasteiger partial charge in [0.25, 0.3) is 5.91 Å². The van der Waals surface area contributed by atoms with E-state index in [9.17, 15) is 9.59 Å². The van der Waals surface area contributed by atoms with Crippen molar-refractivity contribution in [1.29, 1.82) is 0 Å². The van der Waals surface area contributed by atoms with Gasteiger partial charge in [-0.15, -0.1) is 0 Å². The summed E-state index contributed by atoms with van der Waals surface area (Å²) in [6.45, 7) is 0.842. The van der Waals surface area contributed by atoms with Crippen molar-refractivity contribution in [2.45, 2.75) is 12.8 Å². The van der Waals surface area contributed by atoms with Gasteiger partial charge in [-0.25, -0.2) is 0 Å². The number of amides is 1.